The van der Waals surface area contributed by atoms with Crippen LogP contribution in [0.2, 0.25) is 0 Å². The van der Waals surface area contributed by atoms with Crippen LogP contribution in [0.3, 0.4) is 0 Å². The highest BCUT2D eigenvalue weighted by Gasteiger charge is 2.16. The fourth-order valence-corrected chi connectivity index (χ4v) is 3.36. The average molecular weight is 405 g/mol. The van der Waals surface area contributed by atoms with Crippen molar-refractivity contribution in [2.45, 2.75) is 25.4 Å². The van der Waals surface area contributed by atoms with E-state index < -0.39 is 0 Å². The SMILES string of the molecule is CSc1nc2nc(C)c(CC(=O)Nc3cnc(-c4ccccc4)nc3)c(C)n2n1. The summed E-state index contributed by atoms with van der Waals surface area (Å²) in [6.45, 7) is 3.79. The van der Waals surface area contributed by atoms with Crippen molar-refractivity contribution in [2.75, 3.05) is 11.6 Å². The summed E-state index contributed by atoms with van der Waals surface area (Å²) in [5, 5.41) is 7.91. The van der Waals surface area contributed by atoms with E-state index in [4.69, 9.17) is 0 Å². The first-order chi connectivity index (χ1) is 14.0. The molecule has 0 unspecified atom stereocenters. The first-order valence-corrected chi connectivity index (χ1v) is 10.2. The zero-order valence-corrected chi connectivity index (χ0v) is 17.1. The lowest BCUT2D eigenvalue weighted by atomic mass is 10.1. The summed E-state index contributed by atoms with van der Waals surface area (Å²) >= 11 is 1.45. The molecule has 0 atom stereocenters. The average Bonchev–Trinajstić information content (AvgIpc) is 3.15. The van der Waals surface area contributed by atoms with Gasteiger partial charge in [0, 0.05) is 22.5 Å². The van der Waals surface area contributed by atoms with Gasteiger partial charge in [-0.2, -0.15) is 4.98 Å². The summed E-state index contributed by atoms with van der Waals surface area (Å²) < 4.78 is 1.68. The molecule has 0 aliphatic carbocycles. The summed E-state index contributed by atoms with van der Waals surface area (Å²) in [6.07, 6.45) is 5.30. The maximum atomic E-state index is 12.6. The molecule has 0 aliphatic rings. The number of carbonyl (C=O) groups is 1. The molecule has 0 saturated heterocycles. The summed E-state index contributed by atoms with van der Waals surface area (Å²) in [7, 11) is 0. The van der Waals surface area contributed by atoms with Gasteiger partial charge in [0.1, 0.15) is 0 Å². The summed E-state index contributed by atoms with van der Waals surface area (Å²) in [5.41, 5.74) is 3.92. The lowest BCUT2D eigenvalue weighted by Crippen LogP contribution is -2.18. The Hall–Kier alpha value is -3.33. The molecule has 0 fully saturated rings. The number of aryl methyl sites for hydroxylation is 2. The maximum absolute atomic E-state index is 12.6. The Morgan fingerprint density at radius 3 is 2.52 bits per heavy atom. The minimum absolute atomic E-state index is 0.168. The van der Waals surface area contributed by atoms with Gasteiger partial charge in [-0.15, -0.1) is 5.10 Å². The Kier molecular flexibility index (Phi) is 5.22. The van der Waals surface area contributed by atoms with Gasteiger partial charge in [0.15, 0.2) is 5.82 Å². The van der Waals surface area contributed by atoms with E-state index in [0.29, 0.717) is 22.4 Å². The van der Waals surface area contributed by atoms with Gasteiger partial charge in [-0.3, -0.25) is 4.79 Å². The van der Waals surface area contributed by atoms with Crippen LogP contribution >= 0.6 is 11.8 Å². The Morgan fingerprint density at radius 2 is 1.83 bits per heavy atom. The van der Waals surface area contributed by atoms with E-state index in [1.165, 1.54) is 11.8 Å². The van der Waals surface area contributed by atoms with Gasteiger partial charge in [0.25, 0.3) is 5.78 Å². The van der Waals surface area contributed by atoms with E-state index in [1.807, 2.05) is 50.4 Å². The van der Waals surface area contributed by atoms with E-state index in [-0.39, 0.29) is 12.3 Å². The Balaban J connectivity index is 1.51. The van der Waals surface area contributed by atoms with Crippen LogP contribution in [0, 0.1) is 13.8 Å². The lowest BCUT2D eigenvalue weighted by molar-refractivity contribution is -0.115. The predicted octanol–water partition coefficient (Wildman–Crippen LogP) is 3.10. The molecular weight excluding hydrogens is 386 g/mol. The quantitative estimate of drug-likeness (QED) is 0.510. The summed E-state index contributed by atoms with van der Waals surface area (Å²) in [4.78, 5) is 30.1. The number of carbonyl (C=O) groups excluding carboxylic acids is 1. The third-order valence-corrected chi connectivity index (χ3v) is 5.06. The molecule has 9 heteroatoms. The molecule has 0 aliphatic heterocycles. The Labute approximate surface area is 171 Å². The highest BCUT2D eigenvalue weighted by molar-refractivity contribution is 7.98. The van der Waals surface area contributed by atoms with Crippen molar-refractivity contribution in [3.8, 4) is 11.4 Å². The summed E-state index contributed by atoms with van der Waals surface area (Å²) in [5.74, 6) is 0.984. The Bertz CT molecular complexity index is 1170. The number of nitrogens with one attached hydrogen (secondary N) is 1. The van der Waals surface area contributed by atoms with Crippen LogP contribution in [0.5, 0.6) is 0 Å². The molecule has 0 radical (unpaired) electrons. The molecule has 1 N–H and O–H groups in total. The van der Waals surface area contributed by atoms with Gasteiger partial charge >= 0.3 is 0 Å². The van der Waals surface area contributed by atoms with Crippen molar-refractivity contribution in [2.24, 2.45) is 0 Å². The van der Waals surface area contributed by atoms with Gasteiger partial charge in [0.05, 0.1) is 24.5 Å². The molecule has 0 bridgehead atoms. The number of fused-ring (bicyclic) bond motifs is 1. The van der Waals surface area contributed by atoms with Gasteiger partial charge in [-0.05, 0) is 20.1 Å². The van der Waals surface area contributed by atoms with E-state index in [1.54, 1.807) is 16.9 Å². The Morgan fingerprint density at radius 1 is 1.10 bits per heavy atom. The monoisotopic (exact) mass is 405 g/mol. The molecule has 0 spiro atoms. The zero-order valence-electron chi connectivity index (χ0n) is 16.2. The van der Waals surface area contributed by atoms with Crippen LogP contribution in [0.15, 0.2) is 47.9 Å². The molecule has 0 saturated carbocycles. The predicted molar refractivity (Wildman–Crippen MR) is 112 cm³/mol. The van der Waals surface area contributed by atoms with E-state index in [9.17, 15) is 4.79 Å². The van der Waals surface area contributed by atoms with Crippen LogP contribution in [0.25, 0.3) is 17.2 Å². The number of benzene rings is 1. The molecule has 4 rings (SSSR count). The molecular formula is C20H19N7OS. The van der Waals surface area contributed by atoms with Gasteiger partial charge in [-0.1, -0.05) is 42.1 Å². The fourth-order valence-electron chi connectivity index (χ4n) is 3.03. The number of amides is 1. The van der Waals surface area contributed by atoms with Crippen LogP contribution in [0.4, 0.5) is 5.69 Å². The number of nitrogens with zero attached hydrogens (tertiary/aromatic N) is 6. The highest BCUT2D eigenvalue weighted by Crippen LogP contribution is 2.18. The molecule has 1 aromatic carbocycles. The van der Waals surface area contributed by atoms with E-state index in [2.05, 4.69) is 30.4 Å². The van der Waals surface area contributed by atoms with Gasteiger partial charge < -0.3 is 5.32 Å². The topological polar surface area (TPSA) is 98.0 Å². The molecule has 8 nitrogen and oxygen atoms in total. The van der Waals surface area contributed by atoms with E-state index in [0.717, 1.165) is 22.5 Å². The van der Waals surface area contributed by atoms with Crippen LogP contribution in [-0.4, -0.2) is 41.7 Å². The van der Waals surface area contributed by atoms with Gasteiger partial charge in [-0.25, -0.2) is 19.5 Å². The fraction of sp³-hybridized carbons (Fsp3) is 0.200. The standard InChI is InChI=1S/C20H19N7OS/c1-12-16(13(2)27-19(23-12)25-20(26-27)29-3)9-17(28)24-15-10-21-18(22-11-15)14-7-5-4-6-8-14/h4-8,10-11H,9H2,1-3H3,(H,24,28). The minimum atomic E-state index is -0.168. The second-order valence-electron chi connectivity index (χ2n) is 6.46. The molecule has 3 aromatic heterocycles. The number of thioether (sulfide) groups is 1. The molecule has 3 heterocycles. The van der Waals surface area contributed by atoms with Crippen molar-refractivity contribution in [3.63, 3.8) is 0 Å². The number of anilines is 1. The molecule has 1 amide bonds. The van der Waals surface area contributed by atoms with Crippen LogP contribution in [-0.2, 0) is 11.2 Å². The first kappa shape index (κ1) is 19.0. The largest absolute Gasteiger partial charge is 0.323 e. The number of aromatic nitrogens is 6. The minimum Gasteiger partial charge on any atom is -0.323 e. The van der Waals surface area contributed by atoms with Crippen molar-refractivity contribution < 1.29 is 4.79 Å². The molecule has 146 valence electrons. The normalized spacial score (nSPS) is 11.0. The summed E-state index contributed by atoms with van der Waals surface area (Å²) in [6, 6.07) is 9.68. The van der Waals surface area contributed by atoms with Gasteiger partial charge in [0.2, 0.25) is 11.1 Å². The highest BCUT2D eigenvalue weighted by atomic mass is 32.2. The second kappa shape index (κ2) is 7.96. The lowest BCUT2D eigenvalue weighted by Gasteiger charge is -2.10. The zero-order chi connectivity index (χ0) is 20.4. The van der Waals surface area contributed by atoms with E-state index >= 15 is 0 Å². The van der Waals surface area contributed by atoms with Crippen LogP contribution in [0.1, 0.15) is 17.0 Å². The number of hydrogen-bond acceptors (Lipinski definition) is 7. The number of hydrogen-bond donors (Lipinski definition) is 1. The van der Waals surface area contributed by atoms with Crippen LogP contribution < -0.4 is 5.32 Å². The van der Waals surface area contributed by atoms with Crippen molar-refractivity contribution in [1.29, 1.82) is 0 Å². The third kappa shape index (κ3) is 3.95. The van der Waals surface area contributed by atoms with Crippen molar-refractivity contribution in [1.82, 2.24) is 29.5 Å². The second-order valence-corrected chi connectivity index (χ2v) is 7.23. The first-order valence-electron chi connectivity index (χ1n) is 8.99. The molecule has 29 heavy (non-hydrogen) atoms. The van der Waals surface area contributed by atoms with Crippen molar-refractivity contribution in [3.05, 3.63) is 59.7 Å². The number of rotatable bonds is 5. The maximum Gasteiger partial charge on any atom is 0.253 e. The smallest absolute Gasteiger partial charge is 0.253 e. The molecule has 4 aromatic rings. The van der Waals surface area contributed by atoms with Crippen molar-refractivity contribution >= 4 is 29.1 Å². The third-order valence-electron chi connectivity index (χ3n) is 4.52.